The molecule has 2 aromatic heterocycles. The van der Waals surface area contributed by atoms with Crippen molar-refractivity contribution in [1.29, 1.82) is 5.26 Å². The fourth-order valence-corrected chi connectivity index (χ4v) is 7.92. The van der Waals surface area contributed by atoms with Crippen LogP contribution in [0.1, 0.15) is 27.8 Å². The lowest BCUT2D eigenvalue weighted by Gasteiger charge is -2.30. The predicted octanol–water partition coefficient (Wildman–Crippen LogP) is 9.83. The van der Waals surface area contributed by atoms with E-state index in [-0.39, 0.29) is 0 Å². The summed E-state index contributed by atoms with van der Waals surface area (Å²) in [6.07, 6.45) is 1.68. The van der Waals surface area contributed by atoms with Gasteiger partial charge in [-0.3, -0.25) is 0 Å². The van der Waals surface area contributed by atoms with Gasteiger partial charge in [-0.25, -0.2) is 15.0 Å². The summed E-state index contributed by atoms with van der Waals surface area (Å²) in [5.74, 6) is 1.84. The molecule has 0 fully saturated rings. The fraction of sp³-hybridized carbons (Fsp3) is 0.0233. The van der Waals surface area contributed by atoms with Crippen molar-refractivity contribution in [2.45, 2.75) is 5.41 Å². The molecule has 1 spiro atoms. The Morgan fingerprint density at radius 2 is 1.06 bits per heavy atom. The van der Waals surface area contributed by atoms with Gasteiger partial charge in [-0.2, -0.15) is 5.26 Å². The molecule has 48 heavy (non-hydrogen) atoms. The highest BCUT2D eigenvalue weighted by Gasteiger charge is 2.52. The Kier molecular flexibility index (Phi) is 5.49. The van der Waals surface area contributed by atoms with Crippen LogP contribution in [0.2, 0.25) is 0 Å². The molecule has 0 radical (unpaired) electrons. The van der Waals surface area contributed by atoms with Crippen LogP contribution in [0.3, 0.4) is 0 Å². The predicted molar refractivity (Wildman–Crippen MR) is 187 cm³/mol. The van der Waals surface area contributed by atoms with Gasteiger partial charge >= 0.3 is 0 Å². The summed E-state index contributed by atoms with van der Waals surface area (Å²) >= 11 is 0. The van der Waals surface area contributed by atoms with Crippen molar-refractivity contribution in [3.63, 3.8) is 0 Å². The molecule has 1 unspecified atom stereocenters. The average Bonchev–Trinajstić information content (AvgIpc) is 3.84. The Morgan fingerprint density at radius 1 is 0.500 bits per heavy atom. The first-order valence-corrected chi connectivity index (χ1v) is 15.9. The maximum atomic E-state index is 10.3. The Morgan fingerprint density at radius 3 is 1.73 bits per heavy atom. The van der Waals surface area contributed by atoms with Crippen LogP contribution in [-0.2, 0) is 5.41 Å². The van der Waals surface area contributed by atoms with Gasteiger partial charge in [-0.15, -0.1) is 0 Å². The van der Waals surface area contributed by atoms with Crippen LogP contribution in [0.25, 0.3) is 67.4 Å². The van der Waals surface area contributed by atoms with Crippen molar-refractivity contribution < 1.29 is 4.42 Å². The average molecular weight is 613 g/mol. The van der Waals surface area contributed by atoms with Gasteiger partial charge in [0.2, 0.25) is 0 Å². The highest BCUT2D eigenvalue weighted by atomic mass is 16.3. The summed E-state index contributed by atoms with van der Waals surface area (Å²) in [6, 6.07) is 50.4. The summed E-state index contributed by atoms with van der Waals surface area (Å²) in [7, 11) is 0. The highest BCUT2D eigenvalue weighted by molar-refractivity contribution is 6.06. The third-order valence-electron chi connectivity index (χ3n) is 9.86. The van der Waals surface area contributed by atoms with Gasteiger partial charge < -0.3 is 4.42 Å². The highest BCUT2D eigenvalue weighted by Crippen LogP contribution is 2.64. The molecule has 0 aliphatic heterocycles. The lowest BCUT2D eigenvalue weighted by Crippen LogP contribution is -2.26. The molecule has 0 saturated carbocycles. The Bertz CT molecular complexity index is 2580. The number of fused-ring (bicyclic) bond motifs is 12. The zero-order valence-electron chi connectivity index (χ0n) is 25.6. The second kappa shape index (κ2) is 9.93. The molecule has 2 heterocycles. The Hall–Kier alpha value is -6.64. The number of hydrogen-bond acceptors (Lipinski definition) is 5. The third-order valence-corrected chi connectivity index (χ3v) is 9.86. The number of aromatic nitrogens is 3. The Balaban J connectivity index is 1.28. The largest absolute Gasteiger partial charge is 0.463 e. The molecule has 1 atom stereocenters. The molecule has 0 amide bonds. The number of benzene rings is 6. The maximum Gasteiger partial charge on any atom is 0.164 e. The summed E-state index contributed by atoms with van der Waals surface area (Å²) in [6.45, 7) is 0. The summed E-state index contributed by atoms with van der Waals surface area (Å²) in [5, 5.41) is 11.3. The molecule has 222 valence electrons. The first-order chi connectivity index (χ1) is 23.8. The number of rotatable bonds is 3. The van der Waals surface area contributed by atoms with Crippen molar-refractivity contribution in [1.82, 2.24) is 15.0 Å². The van der Waals surface area contributed by atoms with Crippen LogP contribution in [-0.4, -0.2) is 15.0 Å². The zero-order valence-corrected chi connectivity index (χ0v) is 25.6. The van der Waals surface area contributed by atoms with Gasteiger partial charge in [0.05, 0.1) is 17.2 Å². The SMILES string of the molecule is N#Cc1cc2c(c3ccoc13)-c1ccccc1C21c2ccccc2-c2ccc(-c3nc(-c4ccccc4)nc(-c4ccccc4)n3)cc21. The van der Waals surface area contributed by atoms with Crippen molar-refractivity contribution in [2.24, 2.45) is 0 Å². The topological polar surface area (TPSA) is 75.6 Å². The lowest BCUT2D eigenvalue weighted by molar-refractivity contribution is 0.614. The van der Waals surface area contributed by atoms with Gasteiger partial charge in [-0.05, 0) is 62.7 Å². The quantitative estimate of drug-likeness (QED) is 0.199. The third kappa shape index (κ3) is 3.52. The van der Waals surface area contributed by atoms with Gasteiger partial charge in [-0.1, -0.05) is 121 Å². The van der Waals surface area contributed by atoms with E-state index in [9.17, 15) is 5.26 Å². The number of nitriles is 1. The van der Waals surface area contributed by atoms with Crippen molar-refractivity contribution >= 4 is 11.0 Å². The fourth-order valence-electron chi connectivity index (χ4n) is 7.92. The summed E-state index contributed by atoms with van der Waals surface area (Å²) in [5.41, 5.74) is 12.4. The van der Waals surface area contributed by atoms with E-state index in [2.05, 4.69) is 72.8 Å². The van der Waals surface area contributed by atoms with E-state index >= 15 is 0 Å². The van der Waals surface area contributed by atoms with Crippen LogP contribution in [0, 0.1) is 11.3 Å². The van der Waals surface area contributed by atoms with E-state index in [1.54, 1.807) is 6.26 Å². The van der Waals surface area contributed by atoms with Crippen LogP contribution < -0.4 is 0 Å². The van der Waals surface area contributed by atoms with Crippen molar-refractivity contribution in [3.05, 3.63) is 174 Å². The first kappa shape index (κ1) is 26.6. The van der Waals surface area contributed by atoms with Gasteiger partial charge in [0, 0.05) is 22.1 Å². The summed E-state index contributed by atoms with van der Waals surface area (Å²) in [4.78, 5) is 15.0. The number of nitrogens with zero attached hydrogens (tertiary/aromatic N) is 4. The van der Waals surface area contributed by atoms with Crippen molar-refractivity contribution in [3.8, 4) is 62.5 Å². The first-order valence-electron chi connectivity index (χ1n) is 15.9. The minimum Gasteiger partial charge on any atom is -0.463 e. The van der Waals surface area contributed by atoms with Crippen molar-refractivity contribution in [2.75, 3.05) is 0 Å². The van der Waals surface area contributed by atoms with Crippen LogP contribution >= 0.6 is 0 Å². The molecule has 5 heteroatoms. The zero-order chi connectivity index (χ0) is 31.8. The minimum absolute atomic E-state index is 0.528. The number of furan rings is 1. The van der Waals surface area contributed by atoms with Crippen LogP contribution in [0.5, 0.6) is 0 Å². The molecule has 10 rings (SSSR count). The molecule has 6 aromatic carbocycles. The monoisotopic (exact) mass is 612 g/mol. The summed E-state index contributed by atoms with van der Waals surface area (Å²) < 4.78 is 5.90. The smallest absolute Gasteiger partial charge is 0.164 e. The van der Waals surface area contributed by atoms with E-state index < -0.39 is 5.41 Å². The van der Waals surface area contributed by atoms with E-state index in [1.807, 2.05) is 72.8 Å². The van der Waals surface area contributed by atoms with Crippen LogP contribution in [0.15, 0.2) is 150 Å². The molecule has 5 nitrogen and oxygen atoms in total. The number of hydrogen-bond donors (Lipinski definition) is 0. The van der Waals surface area contributed by atoms with Crippen LogP contribution in [0.4, 0.5) is 0 Å². The minimum atomic E-state index is -0.650. The Labute approximate surface area is 276 Å². The van der Waals surface area contributed by atoms with E-state index in [0.717, 1.165) is 49.9 Å². The molecule has 8 aromatic rings. The van der Waals surface area contributed by atoms with E-state index in [1.165, 1.54) is 16.7 Å². The molecular formula is C43H24N4O. The molecule has 0 saturated heterocycles. The molecule has 2 aliphatic rings. The van der Waals surface area contributed by atoms with E-state index in [0.29, 0.717) is 28.6 Å². The standard InChI is InChI=1S/C43H24N4O/c44-25-29-24-37-38(33-21-22-48-39(29)33)32-16-8-10-18-35(32)43(37)34-17-9-7-15-30(34)31-20-19-28(23-36(31)43)42-46-40(26-11-3-1-4-12-26)45-41(47-42)27-13-5-2-6-14-27/h1-24H. The maximum absolute atomic E-state index is 10.3. The normalized spacial score (nSPS) is 15.1. The molecule has 2 aliphatic carbocycles. The second-order valence-corrected chi connectivity index (χ2v) is 12.3. The second-order valence-electron chi connectivity index (χ2n) is 12.3. The van der Waals surface area contributed by atoms with Gasteiger partial charge in [0.15, 0.2) is 23.1 Å². The van der Waals surface area contributed by atoms with Gasteiger partial charge in [0.25, 0.3) is 0 Å². The van der Waals surface area contributed by atoms with E-state index in [4.69, 9.17) is 19.4 Å². The lowest BCUT2D eigenvalue weighted by atomic mass is 9.70. The molecular weight excluding hydrogens is 589 g/mol. The van der Waals surface area contributed by atoms with Gasteiger partial charge in [0.1, 0.15) is 6.07 Å². The molecule has 0 bridgehead atoms. The molecule has 0 N–H and O–H groups in total.